The minimum atomic E-state index is 0.376. The fraction of sp³-hybridized carbons (Fsp3) is 0.333. The maximum atomic E-state index is 8.14. The molecule has 84 valence electrons. The highest BCUT2D eigenvalue weighted by atomic mass is 16.5. The summed E-state index contributed by atoms with van der Waals surface area (Å²) in [4.78, 5) is 2.69. The summed E-state index contributed by atoms with van der Waals surface area (Å²) in [7, 11) is 1.67. The monoisotopic (exact) mass is 217 g/mol. The Balaban J connectivity index is 2.93. The molecule has 0 heterocycles. The zero-order chi connectivity index (χ0) is 12.0. The molecule has 0 bridgehead atoms. The summed E-state index contributed by atoms with van der Waals surface area (Å²) in [6.45, 7) is 4.40. The number of nitrogens with zero attached hydrogens (tertiary/aromatic N) is 3. The summed E-state index contributed by atoms with van der Waals surface area (Å²) in [6.07, 6.45) is 3.80. The Morgan fingerprint density at radius 1 is 1.38 bits per heavy atom. The van der Waals surface area contributed by atoms with Crippen LogP contribution in [0.15, 0.2) is 23.3 Å². The molecule has 4 nitrogen and oxygen atoms in total. The first-order valence-corrected chi connectivity index (χ1v) is 5.01. The fourth-order valence-corrected chi connectivity index (χ4v) is 1.47. The lowest BCUT2D eigenvalue weighted by Crippen LogP contribution is -1.90. The van der Waals surface area contributed by atoms with Crippen LogP contribution in [0.4, 0.5) is 0 Å². The van der Waals surface area contributed by atoms with E-state index in [-0.39, 0.29) is 0 Å². The number of hydrogen-bond donors (Lipinski definition) is 0. The predicted molar refractivity (Wildman–Crippen MR) is 65.5 cm³/mol. The quantitative estimate of drug-likeness (QED) is 0.431. The standard InChI is InChI=1S/C12H15N3O/c1-9-8-12(16-3)10(2)7-11(9)5-4-6-14-15-13/h4-5,7-8H,6H2,1-3H3. The summed E-state index contributed by atoms with van der Waals surface area (Å²) in [6, 6.07) is 4.06. The first kappa shape index (κ1) is 12.1. The van der Waals surface area contributed by atoms with Gasteiger partial charge in [0.1, 0.15) is 5.75 Å². The SMILES string of the molecule is COc1cc(C)c(C=CCN=[N+]=[N-])cc1C. The van der Waals surface area contributed by atoms with Crippen LogP contribution in [-0.4, -0.2) is 13.7 Å². The highest BCUT2D eigenvalue weighted by molar-refractivity contribution is 5.57. The second-order valence-electron chi connectivity index (χ2n) is 3.49. The first-order chi connectivity index (χ1) is 7.69. The molecule has 0 radical (unpaired) electrons. The number of rotatable bonds is 4. The molecule has 0 saturated carbocycles. The number of azide groups is 1. The van der Waals surface area contributed by atoms with Crippen LogP contribution in [0.5, 0.6) is 5.75 Å². The maximum absolute atomic E-state index is 8.14. The van der Waals surface area contributed by atoms with Crippen molar-refractivity contribution in [2.75, 3.05) is 13.7 Å². The maximum Gasteiger partial charge on any atom is 0.122 e. The average Bonchev–Trinajstić information content (AvgIpc) is 2.28. The topological polar surface area (TPSA) is 58.0 Å². The van der Waals surface area contributed by atoms with Crippen molar-refractivity contribution in [1.82, 2.24) is 0 Å². The molecular weight excluding hydrogens is 202 g/mol. The van der Waals surface area contributed by atoms with E-state index in [1.54, 1.807) is 7.11 Å². The van der Waals surface area contributed by atoms with E-state index in [0.29, 0.717) is 6.54 Å². The molecule has 1 aromatic rings. The summed E-state index contributed by atoms with van der Waals surface area (Å²) >= 11 is 0. The Bertz CT molecular complexity index is 446. The molecule has 4 heteroatoms. The molecule has 0 amide bonds. The highest BCUT2D eigenvalue weighted by Crippen LogP contribution is 2.23. The van der Waals surface area contributed by atoms with Gasteiger partial charge in [-0.05, 0) is 48.2 Å². The Morgan fingerprint density at radius 2 is 2.12 bits per heavy atom. The second-order valence-corrected chi connectivity index (χ2v) is 3.49. The summed E-state index contributed by atoms with van der Waals surface area (Å²) < 4.78 is 5.23. The van der Waals surface area contributed by atoms with Crippen LogP contribution in [-0.2, 0) is 0 Å². The van der Waals surface area contributed by atoms with Crippen LogP contribution in [0, 0.1) is 13.8 Å². The van der Waals surface area contributed by atoms with E-state index in [1.807, 2.05) is 32.1 Å². The minimum Gasteiger partial charge on any atom is -0.496 e. The third-order valence-corrected chi connectivity index (χ3v) is 2.33. The van der Waals surface area contributed by atoms with E-state index < -0.39 is 0 Å². The van der Waals surface area contributed by atoms with Gasteiger partial charge < -0.3 is 4.74 Å². The van der Waals surface area contributed by atoms with Gasteiger partial charge in [0.2, 0.25) is 0 Å². The number of benzene rings is 1. The van der Waals surface area contributed by atoms with Gasteiger partial charge in [0.25, 0.3) is 0 Å². The van der Waals surface area contributed by atoms with Crippen LogP contribution in [0.25, 0.3) is 16.5 Å². The zero-order valence-corrected chi connectivity index (χ0v) is 9.77. The predicted octanol–water partition coefficient (Wildman–Crippen LogP) is 3.64. The van der Waals surface area contributed by atoms with Gasteiger partial charge in [0.15, 0.2) is 0 Å². The molecule has 16 heavy (non-hydrogen) atoms. The van der Waals surface area contributed by atoms with Gasteiger partial charge in [0, 0.05) is 11.5 Å². The van der Waals surface area contributed by atoms with Crippen molar-refractivity contribution in [2.45, 2.75) is 13.8 Å². The third kappa shape index (κ3) is 3.04. The average molecular weight is 217 g/mol. The molecule has 0 N–H and O–H groups in total. The number of ether oxygens (including phenoxy) is 1. The molecule has 0 aliphatic heterocycles. The van der Waals surface area contributed by atoms with Gasteiger partial charge >= 0.3 is 0 Å². The molecule has 0 unspecified atom stereocenters. The Morgan fingerprint density at radius 3 is 2.75 bits per heavy atom. The second kappa shape index (κ2) is 5.83. The summed E-state index contributed by atoms with van der Waals surface area (Å²) in [5.74, 6) is 0.893. The lowest BCUT2D eigenvalue weighted by Gasteiger charge is -2.08. The Labute approximate surface area is 95.2 Å². The highest BCUT2D eigenvalue weighted by Gasteiger charge is 2.01. The van der Waals surface area contributed by atoms with Crippen LogP contribution in [0.3, 0.4) is 0 Å². The van der Waals surface area contributed by atoms with E-state index in [9.17, 15) is 0 Å². The molecule has 1 rings (SSSR count). The largest absolute Gasteiger partial charge is 0.496 e. The van der Waals surface area contributed by atoms with Crippen molar-refractivity contribution < 1.29 is 4.74 Å². The third-order valence-electron chi connectivity index (χ3n) is 2.33. The number of hydrogen-bond acceptors (Lipinski definition) is 2. The van der Waals surface area contributed by atoms with E-state index in [1.165, 1.54) is 0 Å². The Hall–Kier alpha value is -1.93. The van der Waals surface area contributed by atoms with Crippen LogP contribution < -0.4 is 4.74 Å². The number of aryl methyl sites for hydroxylation is 2. The zero-order valence-electron chi connectivity index (χ0n) is 9.77. The molecule has 0 atom stereocenters. The number of methoxy groups -OCH3 is 1. The van der Waals surface area contributed by atoms with Gasteiger partial charge in [-0.1, -0.05) is 17.3 Å². The van der Waals surface area contributed by atoms with Crippen molar-refractivity contribution >= 4 is 6.08 Å². The molecule has 0 spiro atoms. The first-order valence-electron chi connectivity index (χ1n) is 5.01. The van der Waals surface area contributed by atoms with Crippen LogP contribution in [0.2, 0.25) is 0 Å². The van der Waals surface area contributed by atoms with E-state index in [0.717, 1.165) is 22.4 Å². The van der Waals surface area contributed by atoms with Gasteiger partial charge in [-0.3, -0.25) is 0 Å². The van der Waals surface area contributed by atoms with Crippen molar-refractivity contribution in [3.05, 3.63) is 45.3 Å². The lowest BCUT2D eigenvalue weighted by atomic mass is 10.0. The molecular formula is C12H15N3O. The lowest BCUT2D eigenvalue weighted by molar-refractivity contribution is 0.411. The van der Waals surface area contributed by atoms with Gasteiger partial charge in [-0.2, -0.15) is 0 Å². The van der Waals surface area contributed by atoms with Crippen LogP contribution in [0.1, 0.15) is 16.7 Å². The van der Waals surface area contributed by atoms with E-state index in [2.05, 4.69) is 16.1 Å². The van der Waals surface area contributed by atoms with Gasteiger partial charge in [0.05, 0.1) is 7.11 Å². The van der Waals surface area contributed by atoms with E-state index >= 15 is 0 Å². The van der Waals surface area contributed by atoms with Crippen molar-refractivity contribution in [2.24, 2.45) is 5.11 Å². The summed E-state index contributed by atoms with van der Waals surface area (Å²) in [5, 5.41) is 3.44. The van der Waals surface area contributed by atoms with Crippen LogP contribution >= 0.6 is 0 Å². The van der Waals surface area contributed by atoms with Crippen molar-refractivity contribution in [3.8, 4) is 5.75 Å². The van der Waals surface area contributed by atoms with Gasteiger partial charge in [-0.15, -0.1) is 0 Å². The molecule has 0 aliphatic rings. The normalized spacial score (nSPS) is 10.2. The molecule has 0 aliphatic carbocycles. The minimum absolute atomic E-state index is 0.376. The van der Waals surface area contributed by atoms with E-state index in [4.69, 9.17) is 10.3 Å². The summed E-state index contributed by atoms with van der Waals surface area (Å²) in [5.41, 5.74) is 11.5. The molecule has 0 saturated heterocycles. The van der Waals surface area contributed by atoms with Gasteiger partial charge in [-0.25, -0.2) is 0 Å². The van der Waals surface area contributed by atoms with Crippen molar-refractivity contribution in [1.29, 1.82) is 0 Å². The fourth-order valence-electron chi connectivity index (χ4n) is 1.47. The Kier molecular flexibility index (Phi) is 4.42. The smallest absolute Gasteiger partial charge is 0.122 e. The molecule has 0 aromatic heterocycles. The molecule has 1 aromatic carbocycles. The van der Waals surface area contributed by atoms with Crippen molar-refractivity contribution in [3.63, 3.8) is 0 Å². The molecule has 0 fully saturated rings.